The standard InChI is InChI=1S/C13H18N4O3S/c1-4-17-8-13(15-9(17)2)21(18,19)16-12-7-10(20-3)5-6-11(12)14/h5-8,16H,4,14H2,1-3H3. The van der Waals surface area contributed by atoms with E-state index in [9.17, 15) is 8.42 Å². The molecule has 2 aromatic rings. The van der Waals surface area contributed by atoms with Gasteiger partial charge in [0.05, 0.1) is 18.5 Å². The number of imidazole rings is 1. The molecule has 3 N–H and O–H groups in total. The van der Waals surface area contributed by atoms with E-state index in [0.29, 0.717) is 23.8 Å². The van der Waals surface area contributed by atoms with Crippen molar-refractivity contribution in [3.63, 3.8) is 0 Å². The molecule has 2 rings (SSSR count). The van der Waals surface area contributed by atoms with Gasteiger partial charge in [-0.25, -0.2) is 4.98 Å². The zero-order valence-electron chi connectivity index (χ0n) is 12.1. The molecule has 21 heavy (non-hydrogen) atoms. The SMILES string of the molecule is CCn1cc(S(=O)(=O)Nc2cc(OC)ccc2N)nc1C. The molecule has 0 atom stereocenters. The molecule has 0 radical (unpaired) electrons. The van der Waals surface area contributed by atoms with Crippen molar-refractivity contribution in [2.45, 2.75) is 25.4 Å². The summed E-state index contributed by atoms with van der Waals surface area (Å²) in [6, 6.07) is 4.76. The lowest BCUT2D eigenvalue weighted by atomic mass is 10.2. The molecule has 7 nitrogen and oxygen atoms in total. The van der Waals surface area contributed by atoms with Gasteiger partial charge in [0.1, 0.15) is 11.6 Å². The number of rotatable bonds is 5. The van der Waals surface area contributed by atoms with E-state index < -0.39 is 10.0 Å². The first-order chi connectivity index (χ1) is 9.87. The number of aromatic nitrogens is 2. The second-order valence-corrected chi connectivity index (χ2v) is 6.10. The number of nitrogens with two attached hydrogens (primary N) is 1. The number of nitrogen functional groups attached to an aromatic ring is 1. The van der Waals surface area contributed by atoms with Gasteiger partial charge in [0.15, 0.2) is 5.03 Å². The molecule has 1 heterocycles. The van der Waals surface area contributed by atoms with E-state index in [1.54, 1.807) is 23.6 Å². The third-order valence-electron chi connectivity index (χ3n) is 3.07. The van der Waals surface area contributed by atoms with Crippen LogP contribution in [0.2, 0.25) is 0 Å². The number of benzene rings is 1. The second kappa shape index (κ2) is 5.65. The minimum absolute atomic E-state index is 0.0379. The van der Waals surface area contributed by atoms with Gasteiger partial charge >= 0.3 is 0 Å². The maximum Gasteiger partial charge on any atom is 0.281 e. The number of hydrogen-bond acceptors (Lipinski definition) is 5. The third kappa shape index (κ3) is 3.10. The Kier molecular flexibility index (Phi) is 4.08. The monoisotopic (exact) mass is 310 g/mol. The number of aryl methyl sites for hydroxylation is 2. The summed E-state index contributed by atoms with van der Waals surface area (Å²) in [5, 5.41) is -0.0379. The molecule has 0 fully saturated rings. The van der Waals surface area contributed by atoms with Crippen molar-refractivity contribution in [2.24, 2.45) is 0 Å². The van der Waals surface area contributed by atoms with Crippen LogP contribution in [-0.2, 0) is 16.6 Å². The van der Waals surface area contributed by atoms with E-state index in [1.165, 1.54) is 19.4 Å². The fraction of sp³-hybridized carbons (Fsp3) is 0.308. The highest BCUT2D eigenvalue weighted by Crippen LogP contribution is 2.26. The van der Waals surface area contributed by atoms with E-state index in [4.69, 9.17) is 10.5 Å². The minimum Gasteiger partial charge on any atom is -0.497 e. The molecule has 0 aliphatic rings. The zero-order valence-corrected chi connectivity index (χ0v) is 12.9. The highest BCUT2D eigenvalue weighted by molar-refractivity contribution is 7.92. The van der Waals surface area contributed by atoms with Crippen LogP contribution in [0.3, 0.4) is 0 Å². The first-order valence-electron chi connectivity index (χ1n) is 6.37. The van der Waals surface area contributed by atoms with E-state index in [2.05, 4.69) is 9.71 Å². The molecular formula is C13H18N4O3S. The number of sulfonamides is 1. The smallest absolute Gasteiger partial charge is 0.281 e. The molecule has 1 aromatic carbocycles. The number of anilines is 2. The highest BCUT2D eigenvalue weighted by atomic mass is 32.2. The highest BCUT2D eigenvalue weighted by Gasteiger charge is 2.20. The first kappa shape index (κ1) is 15.2. The summed E-state index contributed by atoms with van der Waals surface area (Å²) in [7, 11) is -2.29. The molecule has 0 bridgehead atoms. The van der Waals surface area contributed by atoms with Crippen molar-refractivity contribution in [2.75, 3.05) is 17.6 Å². The van der Waals surface area contributed by atoms with Crippen LogP contribution < -0.4 is 15.2 Å². The number of nitrogens with one attached hydrogen (secondary N) is 1. The molecule has 0 saturated carbocycles. The summed E-state index contributed by atoms with van der Waals surface area (Å²) < 4.78 is 34.0. The Morgan fingerprint density at radius 3 is 2.71 bits per heavy atom. The van der Waals surface area contributed by atoms with Gasteiger partial charge in [0, 0.05) is 18.8 Å². The Hall–Kier alpha value is -2.22. The Morgan fingerprint density at radius 1 is 1.43 bits per heavy atom. The Labute approximate surface area is 123 Å². The maximum atomic E-state index is 12.4. The summed E-state index contributed by atoms with van der Waals surface area (Å²) in [4.78, 5) is 4.06. The number of hydrogen-bond donors (Lipinski definition) is 2. The molecular weight excluding hydrogens is 292 g/mol. The van der Waals surface area contributed by atoms with Crippen LogP contribution in [0.4, 0.5) is 11.4 Å². The van der Waals surface area contributed by atoms with Gasteiger partial charge in [-0.3, -0.25) is 4.72 Å². The van der Waals surface area contributed by atoms with Crippen molar-refractivity contribution in [1.82, 2.24) is 9.55 Å². The van der Waals surface area contributed by atoms with E-state index in [1.807, 2.05) is 6.92 Å². The lowest BCUT2D eigenvalue weighted by Gasteiger charge is -2.10. The number of methoxy groups -OCH3 is 1. The average Bonchev–Trinajstić information content (AvgIpc) is 2.83. The molecule has 8 heteroatoms. The average molecular weight is 310 g/mol. The Balaban J connectivity index is 2.37. The molecule has 0 aliphatic carbocycles. The topological polar surface area (TPSA) is 99.2 Å². The first-order valence-corrected chi connectivity index (χ1v) is 7.85. The summed E-state index contributed by atoms with van der Waals surface area (Å²) in [5.74, 6) is 1.15. The van der Waals surface area contributed by atoms with Gasteiger partial charge in [-0.2, -0.15) is 8.42 Å². The van der Waals surface area contributed by atoms with Gasteiger partial charge in [-0.05, 0) is 26.0 Å². The van der Waals surface area contributed by atoms with Gasteiger partial charge in [-0.15, -0.1) is 0 Å². The maximum absolute atomic E-state index is 12.4. The molecule has 0 saturated heterocycles. The Bertz CT molecular complexity index is 753. The van der Waals surface area contributed by atoms with Crippen LogP contribution in [0.25, 0.3) is 0 Å². The summed E-state index contributed by atoms with van der Waals surface area (Å²) >= 11 is 0. The van der Waals surface area contributed by atoms with Crippen LogP contribution >= 0.6 is 0 Å². The van der Waals surface area contributed by atoms with Crippen LogP contribution in [0.5, 0.6) is 5.75 Å². The lowest BCUT2D eigenvalue weighted by molar-refractivity contribution is 0.415. The largest absolute Gasteiger partial charge is 0.497 e. The molecule has 1 aromatic heterocycles. The van der Waals surface area contributed by atoms with Gasteiger partial charge in [-0.1, -0.05) is 0 Å². The molecule has 114 valence electrons. The summed E-state index contributed by atoms with van der Waals surface area (Å²) in [5.41, 5.74) is 6.36. The summed E-state index contributed by atoms with van der Waals surface area (Å²) in [6.07, 6.45) is 1.49. The minimum atomic E-state index is -3.79. The molecule has 0 spiro atoms. The van der Waals surface area contributed by atoms with Gasteiger partial charge in [0.25, 0.3) is 10.0 Å². The predicted molar refractivity (Wildman–Crippen MR) is 80.9 cm³/mol. The van der Waals surface area contributed by atoms with Gasteiger partial charge in [0.2, 0.25) is 0 Å². The fourth-order valence-corrected chi connectivity index (χ4v) is 2.97. The number of ether oxygens (including phenoxy) is 1. The van der Waals surface area contributed by atoms with Gasteiger partial charge < -0.3 is 15.0 Å². The zero-order chi connectivity index (χ0) is 15.6. The lowest BCUT2D eigenvalue weighted by Crippen LogP contribution is -2.14. The molecule has 0 amide bonds. The van der Waals surface area contributed by atoms with Crippen LogP contribution in [-0.4, -0.2) is 25.1 Å². The van der Waals surface area contributed by atoms with E-state index >= 15 is 0 Å². The fourth-order valence-electron chi connectivity index (χ4n) is 1.88. The van der Waals surface area contributed by atoms with Crippen LogP contribution in [0, 0.1) is 6.92 Å². The third-order valence-corrected chi connectivity index (χ3v) is 4.31. The van der Waals surface area contributed by atoms with Crippen LogP contribution in [0.15, 0.2) is 29.4 Å². The Morgan fingerprint density at radius 2 is 2.14 bits per heavy atom. The van der Waals surface area contributed by atoms with Crippen LogP contribution in [0.1, 0.15) is 12.7 Å². The van der Waals surface area contributed by atoms with Crippen molar-refractivity contribution < 1.29 is 13.2 Å². The van der Waals surface area contributed by atoms with Crippen molar-refractivity contribution in [3.8, 4) is 5.75 Å². The van der Waals surface area contributed by atoms with Crippen molar-refractivity contribution in [1.29, 1.82) is 0 Å². The van der Waals surface area contributed by atoms with E-state index in [0.717, 1.165) is 0 Å². The normalized spacial score (nSPS) is 11.4. The molecule has 0 unspecified atom stereocenters. The summed E-state index contributed by atoms with van der Waals surface area (Å²) in [6.45, 7) is 4.32. The quantitative estimate of drug-likeness (QED) is 0.817. The second-order valence-electron chi connectivity index (χ2n) is 4.47. The van der Waals surface area contributed by atoms with E-state index in [-0.39, 0.29) is 10.7 Å². The van der Waals surface area contributed by atoms with Crippen molar-refractivity contribution in [3.05, 3.63) is 30.2 Å². The predicted octanol–water partition coefficient (Wildman–Crippen LogP) is 1.60. The number of nitrogens with zero attached hydrogens (tertiary/aromatic N) is 2. The van der Waals surface area contributed by atoms with Crippen molar-refractivity contribution >= 4 is 21.4 Å². The molecule has 0 aliphatic heterocycles.